The fourth-order valence-electron chi connectivity index (χ4n) is 2.41. The smallest absolute Gasteiger partial charge is 0.142 e. The Balaban J connectivity index is 2.51. The predicted molar refractivity (Wildman–Crippen MR) is 86.5 cm³/mol. The Morgan fingerprint density at radius 2 is 2.19 bits per heavy atom. The average molecular weight is 353 g/mol. The van der Waals surface area contributed by atoms with Gasteiger partial charge in [-0.3, -0.25) is 9.67 Å². The molecule has 2 heterocycles. The van der Waals surface area contributed by atoms with Crippen LogP contribution in [0, 0.1) is 0 Å². The Hall–Kier alpha value is -1.40. The van der Waals surface area contributed by atoms with Gasteiger partial charge in [-0.25, -0.2) is 0 Å². The van der Waals surface area contributed by atoms with E-state index in [2.05, 4.69) is 45.2 Å². The van der Waals surface area contributed by atoms with Crippen molar-refractivity contribution < 1.29 is 4.74 Å². The molecule has 21 heavy (non-hydrogen) atoms. The van der Waals surface area contributed by atoms with Gasteiger partial charge < -0.3 is 10.1 Å². The van der Waals surface area contributed by atoms with Crippen LogP contribution in [0.5, 0.6) is 5.75 Å². The van der Waals surface area contributed by atoms with Crippen LogP contribution in [0.25, 0.3) is 0 Å². The molecule has 1 unspecified atom stereocenters. The first-order valence-electron chi connectivity index (χ1n) is 7.15. The number of nitrogens with one attached hydrogen (secondary N) is 1. The number of halogens is 1. The molecule has 0 aliphatic carbocycles. The molecule has 1 atom stereocenters. The van der Waals surface area contributed by atoms with Gasteiger partial charge in [0.2, 0.25) is 0 Å². The molecular formula is C15H21BrN4O. The normalized spacial score (nSPS) is 12.4. The highest BCUT2D eigenvalue weighted by atomic mass is 79.9. The van der Waals surface area contributed by atoms with E-state index in [0.29, 0.717) is 0 Å². The van der Waals surface area contributed by atoms with Crippen LogP contribution in [0.2, 0.25) is 0 Å². The maximum absolute atomic E-state index is 5.46. The van der Waals surface area contributed by atoms with Crippen molar-refractivity contribution in [3.05, 3.63) is 40.4 Å². The van der Waals surface area contributed by atoms with Gasteiger partial charge in [0.15, 0.2) is 0 Å². The van der Waals surface area contributed by atoms with Crippen molar-refractivity contribution in [1.82, 2.24) is 20.1 Å². The zero-order valence-corrected chi connectivity index (χ0v) is 14.2. The number of pyridine rings is 1. The summed E-state index contributed by atoms with van der Waals surface area (Å²) in [6.07, 6.45) is 6.42. The highest BCUT2D eigenvalue weighted by Crippen LogP contribution is 2.33. The Morgan fingerprint density at radius 3 is 2.86 bits per heavy atom. The minimum atomic E-state index is 0.0105. The maximum Gasteiger partial charge on any atom is 0.142 e. The summed E-state index contributed by atoms with van der Waals surface area (Å²) in [7, 11) is 1.67. The first kappa shape index (κ1) is 16.0. The molecule has 6 heteroatoms. The Morgan fingerprint density at radius 1 is 1.38 bits per heavy atom. The van der Waals surface area contributed by atoms with E-state index in [-0.39, 0.29) is 6.04 Å². The molecule has 0 saturated carbocycles. The van der Waals surface area contributed by atoms with Gasteiger partial charge in [0.05, 0.1) is 35.7 Å². The molecule has 0 aliphatic heterocycles. The molecule has 1 N–H and O–H groups in total. The number of aromatic nitrogens is 3. The van der Waals surface area contributed by atoms with Gasteiger partial charge in [-0.15, -0.1) is 0 Å². The van der Waals surface area contributed by atoms with Crippen LogP contribution in [0.4, 0.5) is 0 Å². The Bertz CT molecular complexity index is 585. The molecule has 0 radical (unpaired) electrons. The SMILES string of the molecule is CCCn1ncc(Br)c1C(NCC)c1ccncc1OC. The second-order valence-corrected chi connectivity index (χ2v) is 5.56. The van der Waals surface area contributed by atoms with Crippen LogP contribution in [-0.2, 0) is 6.54 Å². The van der Waals surface area contributed by atoms with Crippen molar-refractivity contribution in [2.24, 2.45) is 0 Å². The number of ether oxygens (including phenoxy) is 1. The monoisotopic (exact) mass is 352 g/mol. The van der Waals surface area contributed by atoms with E-state index in [1.165, 1.54) is 0 Å². The topological polar surface area (TPSA) is 52.0 Å². The van der Waals surface area contributed by atoms with Crippen molar-refractivity contribution in [2.75, 3.05) is 13.7 Å². The number of hydrogen-bond donors (Lipinski definition) is 1. The summed E-state index contributed by atoms with van der Waals surface area (Å²) in [4.78, 5) is 4.13. The Labute approximate surface area is 133 Å². The first-order chi connectivity index (χ1) is 10.2. The van der Waals surface area contributed by atoms with E-state index >= 15 is 0 Å². The Kier molecular flexibility index (Phi) is 5.76. The summed E-state index contributed by atoms with van der Waals surface area (Å²) in [6, 6.07) is 2.00. The number of hydrogen-bond acceptors (Lipinski definition) is 4. The first-order valence-corrected chi connectivity index (χ1v) is 7.94. The van der Waals surface area contributed by atoms with E-state index in [4.69, 9.17) is 4.74 Å². The van der Waals surface area contributed by atoms with E-state index in [1.807, 2.05) is 16.9 Å². The summed E-state index contributed by atoms with van der Waals surface area (Å²) in [5.41, 5.74) is 2.18. The van der Waals surface area contributed by atoms with Gasteiger partial charge in [0, 0.05) is 18.3 Å². The number of nitrogens with zero attached hydrogens (tertiary/aromatic N) is 3. The fraction of sp³-hybridized carbons (Fsp3) is 0.467. The fourth-order valence-corrected chi connectivity index (χ4v) is 2.93. The summed E-state index contributed by atoms with van der Waals surface area (Å²) in [5.74, 6) is 0.777. The lowest BCUT2D eigenvalue weighted by atomic mass is 10.0. The van der Waals surface area contributed by atoms with Crippen LogP contribution in [-0.4, -0.2) is 28.4 Å². The number of methoxy groups -OCH3 is 1. The second-order valence-electron chi connectivity index (χ2n) is 4.71. The van der Waals surface area contributed by atoms with E-state index in [9.17, 15) is 0 Å². The molecule has 0 aromatic carbocycles. The van der Waals surface area contributed by atoms with Crippen LogP contribution in [0.1, 0.15) is 37.6 Å². The molecule has 0 aliphatic rings. The summed E-state index contributed by atoms with van der Waals surface area (Å²) >= 11 is 3.62. The van der Waals surface area contributed by atoms with Crippen molar-refractivity contribution >= 4 is 15.9 Å². The highest BCUT2D eigenvalue weighted by Gasteiger charge is 2.23. The van der Waals surface area contributed by atoms with Crippen molar-refractivity contribution in [2.45, 2.75) is 32.9 Å². The maximum atomic E-state index is 5.46. The zero-order chi connectivity index (χ0) is 15.2. The molecule has 0 saturated heterocycles. The van der Waals surface area contributed by atoms with E-state index < -0.39 is 0 Å². The van der Waals surface area contributed by atoms with E-state index in [1.54, 1.807) is 19.5 Å². The molecule has 2 rings (SSSR count). The van der Waals surface area contributed by atoms with E-state index in [0.717, 1.165) is 41.0 Å². The van der Waals surface area contributed by atoms with Crippen molar-refractivity contribution in [1.29, 1.82) is 0 Å². The summed E-state index contributed by atoms with van der Waals surface area (Å²) in [5, 5.41) is 7.98. The molecular weight excluding hydrogens is 332 g/mol. The standard InChI is InChI=1S/C15H21BrN4O/c1-4-8-20-15(12(16)9-19-20)14(18-5-2)11-6-7-17-10-13(11)21-3/h6-7,9-10,14,18H,4-5,8H2,1-3H3. The van der Waals surface area contributed by atoms with Gasteiger partial charge in [-0.05, 0) is 35.0 Å². The third-order valence-corrected chi connectivity index (χ3v) is 3.91. The highest BCUT2D eigenvalue weighted by molar-refractivity contribution is 9.10. The zero-order valence-electron chi connectivity index (χ0n) is 12.6. The van der Waals surface area contributed by atoms with Crippen LogP contribution < -0.4 is 10.1 Å². The molecule has 0 spiro atoms. The number of rotatable bonds is 7. The lowest BCUT2D eigenvalue weighted by Crippen LogP contribution is -2.26. The van der Waals surface area contributed by atoms with Crippen LogP contribution in [0.15, 0.2) is 29.1 Å². The lowest BCUT2D eigenvalue weighted by molar-refractivity contribution is 0.399. The van der Waals surface area contributed by atoms with Gasteiger partial charge >= 0.3 is 0 Å². The molecule has 2 aromatic heterocycles. The summed E-state index contributed by atoms with van der Waals surface area (Å²) in [6.45, 7) is 5.97. The molecule has 5 nitrogen and oxygen atoms in total. The van der Waals surface area contributed by atoms with Gasteiger partial charge in [0.25, 0.3) is 0 Å². The third-order valence-electron chi connectivity index (χ3n) is 3.30. The van der Waals surface area contributed by atoms with Gasteiger partial charge in [-0.1, -0.05) is 13.8 Å². The quantitative estimate of drug-likeness (QED) is 0.831. The largest absolute Gasteiger partial charge is 0.495 e. The molecule has 0 bridgehead atoms. The van der Waals surface area contributed by atoms with Gasteiger partial charge in [-0.2, -0.15) is 5.10 Å². The minimum Gasteiger partial charge on any atom is -0.495 e. The lowest BCUT2D eigenvalue weighted by Gasteiger charge is -2.22. The van der Waals surface area contributed by atoms with Crippen LogP contribution in [0.3, 0.4) is 0 Å². The predicted octanol–water partition coefficient (Wildman–Crippen LogP) is 3.16. The third kappa shape index (κ3) is 3.44. The van der Waals surface area contributed by atoms with Crippen LogP contribution >= 0.6 is 15.9 Å². The average Bonchev–Trinajstić information content (AvgIpc) is 2.86. The number of aryl methyl sites for hydroxylation is 1. The van der Waals surface area contributed by atoms with Crippen molar-refractivity contribution in [3.63, 3.8) is 0 Å². The second kappa shape index (κ2) is 7.56. The van der Waals surface area contributed by atoms with Gasteiger partial charge in [0.1, 0.15) is 5.75 Å². The summed E-state index contributed by atoms with van der Waals surface area (Å²) < 4.78 is 8.50. The van der Waals surface area contributed by atoms with Crippen molar-refractivity contribution in [3.8, 4) is 5.75 Å². The molecule has 114 valence electrons. The molecule has 0 amide bonds. The molecule has 2 aromatic rings. The molecule has 0 fully saturated rings. The minimum absolute atomic E-state index is 0.0105.